The van der Waals surface area contributed by atoms with Crippen molar-refractivity contribution >= 4 is 20.9 Å². The van der Waals surface area contributed by atoms with E-state index in [9.17, 15) is 35.6 Å². The molecule has 0 unspecified atom stereocenters. The summed E-state index contributed by atoms with van der Waals surface area (Å²) in [5.74, 6) is -0.979. The first kappa shape index (κ1) is 26.2. The molecule has 0 radical (unpaired) electrons. The zero-order chi connectivity index (χ0) is 27.1. The zero-order valence-electron chi connectivity index (χ0n) is 19.3. The molecule has 192 valence electrons. The van der Waals surface area contributed by atoms with Gasteiger partial charge in [0.2, 0.25) is 10.0 Å². The van der Waals surface area contributed by atoms with E-state index in [1.54, 1.807) is 6.92 Å². The van der Waals surface area contributed by atoms with Crippen LogP contribution >= 0.6 is 0 Å². The van der Waals surface area contributed by atoms with E-state index < -0.39 is 38.8 Å². The molecular formula is C24H18F5N5O2S. The lowest BCUT2D eigenvalue weighted by Crippen LogP contribution is -2.42. The third-order valence-electron chi connectivity index (χ3n) is 5.68. The van der Waals surface area contributed by atoms with Crippen molar-refractivity contribution in [3.05, 3.63) is 71.6 Å². The molecule has 3 heterocycles. The molecule has 0 bridgehead atoms. The third kappa shape index (κ3) is 4.90. The molecule has 7 nitrogen and oxygen atoms in total. The monoisotopic (exact) mass is 535 g/mol. The second-order valence-electron chi connectivity index (χ2n) is 8.08. The molecule has 0 fully saturated rings. The van der Waals surface area contributed by atoms with E-state index in [2.05, 4.69) is 9.97 Å². The summed E-state index contributed by atoms with van der Waals surface area (Å²) < 4.78 is 94.6. The van der Waals surface area contributed by atoms with Gasteiger partial charge in [-0.3, -0.25) is 9.55 Å². The van der Waals surface area contributed by atoms with Crippen molar-refractivity contribution in [3.63, 3.8) is 0 Å². The van der Waals surface area contributed by atoms with Crippen LogP contribution < -0.4 is 4.72 Å². The molecule has 0 saturated carbocycles. The highest BCUT2D eigenvalue weighted by atomic mass is 32.2. The summed E-state index contributed by atoms with van der Waals surface area (Å²) in [6, 6.07) is 7.12. The summed E-state index contributed by atoms with van der Waals surface area (Å²) in [5.41, 5.74) is 0.895. The number of halogens is 5. The van der Waals surface area contributed by atoms with E-state index in [-0.39, 0.29) is 28.2 Å². The van der Waals surface area contributed by atoms with Crippen LogP contribution in [-0.2, 0) is 16.4 Å². The molecule has 1 aromatic carbocycles. The van der Waals surface area contributed by atoms with Gasteiger partial charge in [-0.25, -0.2) is 22.2 Å². The number of fused-ring (bicyclic) bond motifs is 1. The van der Waals surface area contributed by atoms with Crippen molar-refractivity contribution in [3.8, 4) is 23.3 Å². The molecule has 1 N–H and O–H groups in total. The largest absolute Gasteiger partial charge is 0.404 e. The van der Waals surface area contributed by atoms with Crippen LogP contribution in [0.3, 0.4) is 0 Å². The van der Waals surface area contributed by atoms with Crippen LogP contribution in [0.25, 0.3) is 28.1 Å². The van der Waals surface area contributed by atoms with Crippen molar-refractivity contribution < 1.29 is 30.4 Å². The Labute approximate surface area is 208 Å². The van der Waals surface area contributed by atoms with Crippen LogP contribution in [0.5, 0.6) is 0 Å². The predicted molar refractivity (Wildman–Crippen MR) is 124 cm³/mol. The molecule has 0 aliphatic heterocycles. The van der Waals surface area contributed by atoms with Gasteiger partial charge in [0.15, 0.2) is 0 Å². The molecule has 3 aromatic heterocycles. The fourth-order valence-corrected chi connectivity index (χ4v) is 4.94. The van der Waals surface area contributed by atoms with Crippen LogP contribution in [0.2, 0.25) is 0 Å². The van der Waals surface area contributed by atoms with Crippen molar-refractivity contribution in [2.75, 3.05) is 0 Å². The molecule has 0 aliphatic carbocycles. The van der Waals surface area contributed by atoms with Gasteiger partial charge in [-0.1, -0.05) is 6.92 Å². The number of sulfonamides is 1. The minimum absolute atomic E-state index is 0.00500. The average molecular weight is 535 g/mol. The Hall–Kier alpha value is -3.89. The van der Waals surface area contributed by atoms with E-state index in [1.807, 2.05) is 6.07 Å². The lowest BCUT2D eigenvalue weighted by molar-refractivity contribution is -0.147. The molecule has 0 aliphatic rings. The number of nitriles is 1. The molecule has 0 saturated heterocycles. The van der Waals surface area contributed by atoms with Crippen molar-refractivity contribution in [2.45, 2.75) is 37.4 Å². The van der Waals surface area contributed by atoms with Gasteiger partial charge in [0, 0.05) is 11.6 Å². The van der Waals surface area contributed by atoms with E-state index >= 15 is 0 Å². The summed E-state index contributed by atoms with van der Waals surface area (Å²) in [5, 5.41) is 10.2. The Kier molecular flexibility index (Phi) is 6.74. The minimum atomic E-state index is -4.79. The van der Waals surface area contributed by atoms with Gasteiger partial charge < -0.3 is 0 Å². The Balaban J connectivity index is 1.92. The molecule has 37 heavy (non-hydrogen) atoms. The van der Waals surface area contributed by atoms with Crippen LogP contribution in [-0.4, -0.2) is 35.2 Å². The highest BCUT2D eigenvalue weighted by Crippen LogP contribution is 2.36. The SMILES string of the molecule is CCc1cc2c(cc1F)c(C#N)c(-c1ccc(S(=O)(=O)N[C@H](C)C(F)(F)F)cn1)n2-c1ccc(F)cn1. The Bertz CT molecular complexity index is 1620. The normalized spacial score (nSPS) is 13.0. The smallest absolute Gasteiger partial charge is 0.291 e. The predicted octanol–water partition coefficient (Wildman–Crippen LogP) is 5.03. The summed E-state index contributed by atoms with van der Waals surface area (Å²) >= 11 is 0. The van der Waals surface area contributed by atoms with Crippen molar-refractivity contribution in [1.82, 2.24) is 19.3 Å². The van der Waals surface area contributed by atoms with Gasteiger partial charge in [-0.05, 0) is 55.3 Å². The zero-order valence-corrected chi connectivity index (χ0v) is 20.1. The van der Waals surface area contributed by atoms with Gasteiger partial charge in [0.05, 0.1) is 28.7 Å². The van der Waals surface area contributed by atoms with Gasteiger partial charge in [0.25, 0.3) is 0 Å². The fraction of sp³-hybridized carbons (Fsp3) is 0.208. The number of benzene rings is 1. The molecule has 1 atom stereocenters. The van der Waals surface area contributed by atoms with Gasteiger partial charge in [-0.15, -0.1) is 0 Å². The molecule has 0 spiro atoms. The molecular weight excluding hydrogens is 517 g/mol. The summed E-state index contributed by atoms with van der Waals surface area (Å²) in [6.07, 6.45) is -2.65. The van der Waals surface area contributed by atoms with Crippen LogP contribution in [0.4, 0.5) is 22.0 Å². The first-order valence-corrected chi connectivity index (χ1v) is 12.3. The second-order valence-corrected chi connectivity index (χ2v) is 9.80. The Morgan fingerprint density at radius 2 is 1.84 bits per heavy atom. The van der Waals surface area contributed by atoms with E-state index in [1.165, 1.54) is 33.6 Å². The van der Waals surface area contributed by atoms with E-state index in [0.29, 0.717) is 24.4 Å². The summed E-state index contributed by atoms with van der Waals surface area (Å²) in [6.45, 7) is 2.41. The molecule has 4 rings (SSSR count). The lowest BCUT2D eigenvalue weighted by Gasteiger charge is -2.17. The number of nitrogens with one attached hydrogen (secondary N) is 1. The third-order valence-corrected chi connectivity index (χ3v) is 7.21. The highest BCUT2D eigenvalue weighted by Gasteiger charge is 2.39. The van der Waals surface area contributed by atoms with E-state index in [4.69, 9.17) is 0 Å². The number of pyridine rings is 2. The van der Waals surface area contributed by atoms with Crippen LogP contribution in [0.1, 0.15) is 25.0 Å². The van der Waals surface area contributed by atoms with Crippen molar-refractivity contribution in [2.24, 2.45) is 0 Å². The van der Waals surface area contributed by atoms with Crippen LogP contribution in [0.15, 0.2) is 53.7 Å². The standard InChI is InChI=1S/C24H18F5N5O2S/c1-3-14-8-21-17(9-19(14)26)18(10-30)23(34(21)22-7-4-15(25)11-32-22)20-6-5-16(12-31-20)37(35,36)33-13(2)24(27,28)29/h4-9,11-13,33H,3H2,1-2H3/t13-/m1/s1. The van der Waals surface area contributed by atoms with Gasteiger partial charge in [0.1, 0.15) is 34.5 Å². The summed E-state index contributed by atoms with van der Waals surface area (Å²) in [4.78, 5) is 7.62. The number of rotatable bonds is 6. The molecule has 4 aromatic rings. The fourth-order valence-electron chi connectivity index (χ4n) is 3.76. The van der Waals surface area contributed by atoms with Crippen molar-refractivity contribution in [1.29, 1.82) is 5.26 Å². The van der Waals surface area contributed by atoms with Crippen LogP contribution in [0, 0.1) is 23.0 Å². The quantitative estimate of drug-likeness (QED) is 0.349. The maximum absolute atomic E-state index is 14.7. The average Bonchev–Trinajstić information content (AvgIpc) is 3.16. The Morgan fingerprint density at radius 1 is 1.11 bits per heavy atom. The Morgan fingerprint density at radius 3 is 2.38 bits per heavy atom. The molecule has 0 amide bonds. The number of nitrogens with zero attached hydrogens (tertiary/aromatic N) is 4. The van der Waals surface area contributed by atoms with E-state index in [0.717, 1.165) is 24.5 Å². The second kappa shape index (κ2) is 9.53. The van der Waals surface area contributed by atoms with Gasteiger partial charge in [-0.2, -0.15) is 23.2 Å². The highest BCUT2D eigenvalue weighted by molar-refractivity contribution is 7.89. The maximum atomic E-state index is 14.7. The topological polar surface area (TPSA) is 101 Å². The van der Waals surface area contributed by atoms with Gasteiger partial charge >= 0.3 is 6.18 Å². The summed E-state index contributed by atoms with van der Waals surface area (Å²) in [7, 11) is -4.57. The first-order valence-electron chi connectivity index (χ1n) is 10.8. The number of hydrogen-bond donors (Lipinski definition) is 1. The molecule has 13 heteroatoms. The minimum Gasteiger partial charge on any atom is -0.291 e. The maximum Gasteiger partial charge on any atom is 0.404 e. The first-order chi connectivity index (χ1) is 17.4. The lowest BCUT2D eigenvalue weighted by atomic mass is 10.1. The number of alkyl halides is 3. The number of aryl methyl sites for hydroxylation is 1. The number of aromatic nitrogens is 3. The number of hydrogen-bond acceptors (Lipinski definition) is 5.